The number of piperidine rings is 1. The molecule has 0 bridgehead atoms. The SMILES string of the molecule is Fc1c(F)c(CC2CCCCN2)c(F)c(F)c1Br. The second-order valence-electron chi connectivity index (χ2n) is 4.40. The lowest BCUT2D eigenvalue weighted by atomic mass is 9.97. The van der Waals surface area contributed by atoms with Crippen LogP contribution in [0.25, 0.3) is 0 Å². The molecule has 1 aromatic rings. The van der Waals surface area contributed by atoms with Gasteiger partial charge in [-0.15, -0.1) is 0 Å². The molecule has 0 amide bonds. The Bertz CT molecular complexity index is 429. The average Bonchev–Trinajstić information content (AvgIpc) is 2.40. The number of nitrogens with one attached hydrogen (secondary N) is 1. The van der Waals surface area contributed by atoms with Crippen molar-refractivity contribution in [3.63, 3.8) is 0 Å². The van der Waals surface area contributed by atoms with Gasteiger partial charge in [0.2, 0.25) is 0 Å². The maximum absolute atomic E-state index is 13.6. The van der Waals surface area contributed by atoms with Crippen molar-refractivity contribution in [3.05, 3.63) is 33.3 Å². The van der Waals surface area contributed by atoms with Gasteiger partial charge in [-0.25, -0.2) is 17.6 Å². The maximum Gasteiger partial charge on any atom is 0.176 e. The molecule has 1 nitrogen and oxygen atoms in total. The van der Waals surface area contributed by atoms with Gasteiger partial charge in [-0.05, 0) is 41.7 Å². The minimum absolute atomic E-state index is 0.0429. The van der Waals surface area contributed by atoms with E-state index in [0.29, 0.717) is 0 Å². The smallest absolute Gasteiger partial charge is 0.176 e. The van der Waals surface area contributed by atoms with Crippen molar-refractivity contribution in [2.75, 3.05) is 6.54 Å². The van der Waals surface area contributed by atoms with Crippen molar-refractivity contribution in [1.82, 2.24) is 5.32 Å². The molecule has 1 unspecified atom stereocenters. The maximum atomic E-state index is 13.6. The third-order valence-electron chi connectivity index (χ3n) is 3.16. The van der Waals surface area contributed by atoms with Crippen LogP contribution >= 0.6 is 15.9 Å². The third-order valence-corrected chi connectivity index (χ3v) is 3.86. The standard InChI is InChI=1S/C12H12BrF4N/c13-8-11(16)9(14)7(10(15)12(8)17)5-6-3-1-2-4-18-6/h6,18H,1-5H2. The van der Waals surface area contributed by atoms with E-state index in [0.717, 1.165) is 25.8 Å². The largest absolute Gasteiger partial charge is 0.314 e. The molecule has 1 saturated heterocycles. The molecule has 1 aromatic carbocycles. The van der Waals surface area contributed by atoms with Gasteiger partial charge in [-0.2, -0.15) is 0 Å². The van der Waals surface area contributed by atoms with Crippen LogP contribution in [0.2, 0.25) is 0 Å². The van der Waals surface area contributed by atoms with Crippen LogP contribution < -0.4 is 5.32 Å². The van der Waals surface area contributed by atoms with Gasteiger partial charge in [0.1, 0.15) is 0 Å². The van der Waals surface area contributed by atoms with Gasteiger partial charge in [-0.3, -0.25) is 0 Å². The molecule has 0 spiro atoms. The Morgan fingerprint density at radius 3 is 2.11 bits per heavy atom. The fourth-order valence-corrected chi connectivity index (χ4v) is 2.52. The molecule has 1 N–H and O–H groups in total. The van der Waals surface area contributed by atoms with Crippen LogP contribution in [0.15, 0.2) is 4.47 Å². The molecule has 18 heavy (non-hydrogen) atoms. The van der Waals surface area contributed by atoms with Crippen molar-refractivity contribution >= 4 is 15.9 Å². The summed E-state index contributed by atoms with van der Waals surface area (Å²) in [6.07, 6.45) is 2.66. The van der Waals surface area contributed by atoms with Crippen LogP contribution in [-0.2, 0) is 6.42 Å². The molecule has 0 aromatic heterocycles. The van der Waals surface area contributed by atoms with Gasteiger partial charge in [0.15, 0.2) is 23.3 Å². The van der Waals surface area contributed by atoms with E-state index in [-0.39, 0.29) is 12.5 Å². The van der Waals surface area contributed by atoms with E-state index in [1.54, 1.807) is 0 Å². The lowest BCUT2D eigenvalue weighted by Gasteiger charge is -2.24. The van der Waals surface area contributed by atoms with Gasteiger partial charge in [0.05, 0.1) is 4.47 Å². The van der Waals surface area contributed by atoms with Gasteiger partial charge in [0.25, 0.3) is 0 Å². The minimum atomic E-state index is -1.38. The van der Waals surface area contributed by atoms with Gasteiger partial charge in [-0.1, -0.05) is 6.42 Å². The first-order valence-electron chi connectivity index (χ1n) is 5.76. The number of rotatable bonds is 2. The number of hydrogen-bond acceptors (Lipinski definition) is 1. The van der Waals surface area contributed by atoms with E-state index in [9.17, 15) is 17.6 Å². The fourth-order valence-electron chi connectivity index (χ4n) is 2.17. The summed E-state index contributed by atoms with van der Waals surface area (Å²) >= 11 is 2.49. The first-order chi connectivity index (χ1) is 8.52. The molecule has 0 radical (unpaired) electrons. The van der Waals surface area contributed by atoms with Crippen LogP contribution in [0.3, 0.4) is 0 Å². The van der Waals surface area contributed by atoms with E-state index >= 15 is 0 Å². The van der Waals surface area contributed by atoms with Crippen molar-refractivity contribution in [1.29, 1.82) is 0 Å². The van der Waals surface area contributed by atoms with Crippen molar-refractivity contribution in [3.8, 4) is 0 Å². The van der Waals surface area contributed by atoms with E-state index in [1.165, 1.54) is 0 Å². The molecule has 100 valence electrons. The van der Waals surface area contributed by atoms with Crippen LogP contribution in [0.1, 0.15) is 24.8 Å². The van der Waals surface area contributed by atoms with E-state index in [2.05, 4.69) is 21.2 Å². The van der Waals surface area contributed by atoms with E-state index in [1.807, 2.05) is 0 Å². The van der Waals surface area contributed by atoms with Crippen LogP contribution in [0.5, 0.6) is 0 Å². The van der Waals surface area contributed by atoms with Crippen LogP contribution in [-0.4, -0.2) is 12.6 Å². The Morgan fingerprint density at radius 1 is 1.00 bits per heavy atom. The van der Waals surface area contributed by atoms with Gasteiger partial charge in [0, 0.05) is 11.6 Å². The lowest BCUT2D eigenvalue weighted by molar-refractivity contribution is 0.376. The van der Waals surface area contributed by atoms with Crippen molar-refractivity contribution in [2.45, 2.75) is 31.7 Å². The third kappa shape index (κ3) is 2.54. The zero-order valence-electron chi connectivity index (χ0n) is 9.50. The van der Waals surface area contributed by atoms with Gasteiger partial charge < -0.3 is 5.32 Å². The number of halogens is 5. The highest BCUT2D eigenvalue weighted by molar-refractivity contribution is 9.10. The molecular weight excluding hydrogens is 314 g/mol. The Hall–Kier alpha value is -0.620. The second kappa shape index (κ2) is 5.57. The highest BCUT2D eigenvalue weighted by Crippen LogP contribution is 2.29. The van der Waals surface area contributed by atoms with E-state index < -0.39 is 33.3 Å². The summed E-state index contributed by atoms with van der Waals surface area (Å²) < 4.78 is 53.1. The first kappa shape index (κ1) is 13.8. The Kier molecular flexibility index (Phi) is 4.27. The summed E-state index contributed by atoms with van der Waals surface area (Å²) in [7, 11) is 0. The predicted octanol–water partition coefficient (Wildman–Crippen LogP) is 3.69. The quantitative estimate of drug-likeness (QED) is 0.497. The molecular formula is C12H12BrF4N. The molecule has 2 rings (SSSR count). The summed E-state index contributed by atoms with van der Waals surface area (Å²) in [5.41, 5.74) is -0.521. The minimum Gasteiger partial charge on any atom is -0.314 e. The topological polar surface area (TPSA) is 12.0 Å². The van der Waals surface area contributed by atoms with Crippen LogP contribution in [0.4, 0.5) is 17.6 Å². The molecule has 1 heterocycles. The Labute approximate surface area is 111 Å². The summed E-state index contributed by atoms with van der Waals surface area (Å²) in [6.45, 7) is 0.759. The summed E-state index contributed by atoms with van der Waals surface area (Å²) in [6, 6.07) is -0.136. The number of hydrogen-bond donors (Lipinski definition) is 1. The summed E-state index contributed by atoms with van der Waals surface area (Å²) in [5.74, 6) is -5.37. The molecule has 1 aliphatic heterocycles. The molecule has 0 aliphatic carbocycles. The zero-order chi connectivity index (χ0) is 13.3. The molecule has 1 aliphatic rings. The molecule has 0 saturated carbocycles. The van der Waals surface area contributed by atoms with Gasteiger partial charge >= 0.3 is 0 Å². The summed E-state index contributed by atoms with van der Waals surface area (Å²) in [5, 5.41) is 3.09. The zero-order valence-corrected chi connectivity index (χ0v) is 11.1. The number of benzene rings is 1. The molecule has 1 atom stereocenters. The van der Waals surface area contributed by atoms with E-state index in [4.69, 9.17) is 0 Å². The first-order valence-corrected chi connectivity index (χ1v) is 6.55. The Balaban J connectivity index is 2.32. The summed E-state index contributed by atoms with van der Waals surface area (Å²) in [4.78, 5) is 0. The average molecular weight is 326 g/mol. The monoisotopic (exact) mass is 325 g/mol. The van der Waals surface area contributed by atoms with Crippen molar-refractivity contribution < 1.29 is 17.6 Å². The normalized spacial score (nSPS) is 20.2. The predicted molar refractivity (Wildman–Crippen MR) is 63.3 cm³/mol. The van der Waals surface area contributed by atoms with Crippen molar-refractivity contribution in [2.24, 2.45) is 0 Å². The highest BCUT2D eigenvalue weighted by atomic mass is 79.9. The molecule has 6 heteroatoms. The second-order valence-corrected chi connectivity index (χ2v) is 5.19. The molecule has 1 fully saturated rings. The Morgan fingerprint density at radius 2 is 1.61 bits per heavy atom. The lowest BCUT2D eigenvalue weighted by Crippen LogP contribution is -2.36. The fraction of sp³-hybridized carbons (Fsp3) is 0.500. The van der Waals surface area contributed by atoms with Crippen LogP contribution in [0, 0.1) is 23.3 Å². The highest BCUT2D eigenvalue weighted by Gasteiger charge is 2.26.